The van der Waals surface area contributed by atoms with Gasteiger partial charge in [-0.05, 0) is 47.7 Å². The first kappa shape index (κ1) is 30.1. The minimum atomic E-state index is 0.610. The van der Waals surface area contributed by atoms with Gasteiger partial charge in [0.2, 0.25) is 0 Å². The Hall–Kier alpha value is -0.914. The molecule has 187 valence electrons. The second-order valence-corrected chi connectivity index (χ2v) is 8.51. The molecular weight excluding hydrogens is 496 g/mol. The van der Waals surface area contributed by atoms with Crippen molar-refractivity contribution in [2.75, 3.05) is 30.4 Å². The molecule has 0 atom stereocenters. The maximum atomic E-state index is 6.56. The van der Waals surface area contributed by atoms with Gasteiger partial charge in [-0.25, -0.2) is 4.42 Å². The van der Waals surface area contributed by atoms with Crippen LogP contribution < -0.4 is 10.6 Å². The number of hydrogen-bond acceptors (Lipinski definition) is 3. The summed E-state index contributed by atoms with van der Waals surface area (Å²) in [7, 11) is 4.33. The number of hydrogen-bond donors (Lipinski definition) is 2. The third-order valence-corrected chi connectivity index (χ3v) is 6.30. The van der Waals surface area contributed by atoms with Crippen molar-refractivity contribution in [2.45, 2.75) is 80.1 Å². The van der Waals surface area contributed by atoms with E-state index in [2.05, 4.69) is 101 Å². The van der Waals surface area contributed by atoms with E-state index in [9.17, 15) is 0 Å². The van der Waals surface area contributed by atoms with Gasteiger partial charge >= 0.3 is 25.0 Å². The fourth-order valence-electron chi connectivity index (χ4n) is 4.10. The van der Waals surface area contributed by atoms with Crippen LogP contribution in [-0.4, -0.2) is 24.2 Å². The van der Waals surface area contributed by atoms with Gasteiger partial charge in [0.25, 0.3) is 0 Å². The zero-order valence-electron chi connectivity index (χ0n) is 21.1. The molecule has 0 aliphatic heterocycles. The normalized spacial score (nSPS) is 10.7. The molecule has 0 aliphatic rings. The van der Waals surface area contributed by atoms with E-state index in [4.69, 9.17) is 11.8 Å². The number of benzene rings is 2. The molecule has 0 amide bonds. The van der Waals surface area contributed by atoms with Gasteiger partial charge in [0, 0.05) is 18.8 Å². The molecule has 0 bridgehead atoms. The molecule has 2 rings (SSSR count). The molecule has 0 aliphatic carbocycles. The van der Waals surface area contributed by atoms with Gasteiger partial charge in [-0.1, -0.05) is 78.6 Å². The Labute approximate surface area is 220 Å². The average molecular weight is 537 g/mol. The summed E-state index contributed by atoms with van der Waals surface area (Å²) >= 11 is 9.60. The molecule has 0 saturated heterocycles. The van der Waals surface area contributed by atoms with Gasteiger partial charge in [0.05, 0.1) is 6.67 Å². The molecule has 0 unspecified atom stereocenters. The van der Waals surface area contributed by atoms with Crippen LogP contribution in [0.4, 0.5) is 11.4 Å². The molecule has 6 heteroatoms. The van der Waals surface area contributed by atoms with E-state index in [1.165, 1.54) is 44.8 Å². The van der Waals surface area contributed by atoms with Crippen LogP contribution in [0.5, 0.6) is 0 Å². The van der Waals surface area contributed by atoms with Gasteiger partial charge in [0.15, 0.2) is 0 Å². The second kappa shape index (κ2) is 16.7. The predicted octanol–water partition coefficient (Wildman–Crippen LogP) is 7.49. The second-order valence-electron chi connectivity index (χ2n) is 8.03. The van der Waals surface area contributed by atoms with Crippen molar-refractivity contribution in [1.29, 1.82) is 0 Å². The van der Waals surface area contributed by atoms with E-state index >= 15 is 0 Å². The Morgan fingerprint density at radius 2 is 1.33 bits per heavy atom. The van der Waals surface area contributed by atoms with E-state index in [0.29, 0.717) is 6.67 Å². The Morgan fingerprint density at radius 3 is 1.82 bits per heavy atom. The molecule has 3 nitrogen and oxygen atoms in total. The summed E-state index contributed by atoms with van der Waals surface area (Å²) in [5.74, 6) is 0. The first-order valence-corrected chi connectivity index (χ1v) is 14.0. The summed E-state index contributed by atoms with van der Waals surface area (Å²) in [6.45, 7) is 15.5. The number of halogens is 2. The number of aryl methyl sites for hydroxylation is 6. The molecular formula is C27H41Cl2CoN3. The van der Waals surface area contributed by atoms with Crippen LogP contribution >= 0.6 is 21.9 Å². The molecule has 2 aromatic carbocycles. The number of rotatable bonds is 13. The Bertz CT molecular complexity index is 792. The zero-order chi connectivity index (χ0) is 24.8. The molecule has 0 heterocycles. The average Bonchev–Trinajstić information content (AvgIpc) is 2.87. The predicted molar refractivity (Wildman–Crippen MR) is 143 cm³/mol. The Balaban J connectivity index is 0.00000265. The van der Waals surface area contributed by atoms with Gasteiger partial charge in [0.1, 0.15) is 0 Å². The van der Waals surface area contributed by atoms with E-state index in [0.717, 1.165) is 51.6 Å². The van der Waals surface area contributed by atoms with Gasteiger partial charge < -0.3 is 10.6 Å². The topological polar surface area (TPSA) is 27.3 Å². The summed E-state index contributed by atoms with van der Waals surface area (Å²) in [6.07, 6.45) is 6.16. The van der Waals surface area contributed by atoms with E-state index in [-0.39, 0.29) is 0 Å². The number of anilines is 2. The van der Waals surface area contributed by atoms with E-state index < -0.39 is 0 Å². The third kappa shape index (κ3) is 8.99. The van der Waals surface area contributed by atoms with Gasteiger partial charge in [-0.15, -0.1) is 11.1 Å². The molecule has 0 aromatic heterocycles. The monoisotopic (exact) mass is 536 g/mol. The number of nitrogens with zero attached hydrogens (tertiary/aromatic N) is 1. The van der Waals surface area contributed by atoms with Crippen molar-refractivity contribution >= 4 is 33.3 Å². The molecule has 33 heavy (non-hydrogen) atoms. The first-order chi connectivity index (χ1) is 16.0. The fraction of sp³-hybridized carbons (Fsp3) is 0.556. The van der Waals surface area contributed by atoms with Crippen molar-refractivity contribution in [3.63, 3.8) is 0 Å². The Kier molecular flexibility index (Phi) is 15.2. The number of nitrogens with one attached hydrogen (secondary N) is 2. The van der Waals surface area contributed by atoms with Gasteiger partial charge in [-0.3, -0.25) is 0 Å². The van der Waals surface area contributed by atoms with E-state index in [1.54, 1.807) is 0 Å². The van der Waals surface area contributed by atoms with Gasteiger partial charge in [-0.2, -0.15) is 17.7 Å². The summed E-state index contributed by atoms with van der Waals surface area (Å²) in [6, 6.07) is 10.5. The summed E-state index contributed by atoms with van der Waals surface area (Å²) < 4.78 is 1.83. The van der Waals surface area contributed by atoms with E-state index in [1.807, 2.05) is 4.42 Å². The van der Waals surface area contributed by atoms with Crippen molar-refractivity contribution < 1.29 is 14.8 Å². The first-order valence-electron chi connectivity index (χ1n) is 12.2. The molecule has 0 saturated carbocycles. The van der Waals surface area contributed by atoms with Crippen molar-refractivity contribution in [3.05, 3.63) is 57.6 Å². The van der Waals surface area contributed by atoms with Crippen molar-refractivity contribution in [3.8, 4) is 0 Å². The third-order valence-electron chi connectivity index (χ3n) is 6.01. The van der Waals surface area contributed by atoms with Crippen LogP contribution in [0.3, 0.4) is 0 Å². The quantitative estimate of drug-likeness (QED) is 0.158. The van der Waals surface area contributed by atoms with Crippen LogP contribution in [-0.2, 0) is 53.4 Å². The van der Waals surface area contributed by atoms with Crippen LogP contribution in [0.1, 0.15) is 74.9 Å². The molecule has 0 fully saturated rings. The molecule has 0 radical (unpaired) electrons. The fourth-order valence-corrected chi connectivity index (χ4v) is 4.24. The molecule has 2 N–H and O–H groups in total. The molecule has 2 aromatic rings. The van der Waals surface area contributed by atoms with Crippen LogP contribution in [0, 0.1) is 6.07 Å². The summed E-state index contributed by atoms with van der Waals surface area (Å²) in [4.78, 5) is 0. The van der Waals surface area contributed by atoms with Crippen LogP contribution in [0.25, 0.3) is 0 Å². The van der Waals surface area contributed by atoms with Crippen LogP contribution in [0.2, 0.25) is 0 Å². The minimum absolute atomic E-state index is 0.610. The van der Waals surface area contributed by atoms with Crippen molar-refractivity contribution in [1.82, 2.24) is 4.42 Å². The maximum absolute atomic E-state index is 6.56. The SMILES string of the molecule is CCc1[c-]c(CC)c(NCN(Cl)CCNc2c(CC)cc(CC)cc2CC)c(CC)c1.[Cl][Co+]. The summed E-state index contributed by atoms with van der Waals surface area (Å²) in [5.41, 5.74) is 10.6. The van der Waals surface area contributed by atoms with Crippen LogP contribution in [0.15, 0.2) is 18.2 Å². The Morgan fingerprint density at radius 1 is 0.758 bits per heavy atom. The summed E-state index contributed by atoms with van der Waals surface area (Å²) in [5, 5.41) is 7.24. The zero-order valence-corrected chi connectivity index (χ0v) is 23.7. The molecule has 0 spiro atoms. The standard InChI is InChI=1S/C27H41ClN3.ClH.Co/c1-7-20-15-22(9-3)26(23(10-4)16-20)29-13-14-31(28)19-30-27-24(11-5)17-21(8-2)18-25(27)12-6;;/h15-17,29-30H,7-14,19H2,1-6H3;1H;/q-1;;+2/p-1. The van der Waals surface area contributed by atoms with Crippen molar-refractivity contribution in [2.24, 2.45) is 0 Å².